The first-order valence-electron chi connectivity index (χ1n) is 7.66. The molecule has 3 rings (SSSR count). The Morgan fingerprint density at radius 2 is 2.23 bits per heavy atom. The molecule has 0 radical (unpaired) electrons. The number of aromatic nitrogens is 4. The van der Waals surface area contributed by atoms with Crippen LogP contribution in [0.4, 0.5) is 11.8 Å². The second-order valence-corrected chi connectivity index (χ2v) is 6.00. The van der Waals surface area contributed by atoms with Gasteiger partial charge in [0.25, 0.3) is 0 Å². The predicted octanol–water partition coefficient (Wildman–Crippen LogP) is 1.69. The topological polar surface area (TPSA) is 71.2 Å². The summed E-state index contributed by atoms with van der Waals surface area (Å²) in [5.41, 5.74) is 0. The number of piperidine rings is 1. The summed E-state index contributed by atoms with van der Waals surface area (Å²) in [4.78, 5) is 17.6. The van der Waals surface area contributed by atoms with Gasteiger partial charge in [-0.05, 0) is 24.8 Å². The summed E-state index contributed by atoms with van der Waals surface area (Å²) in [5, 5.41) is 4.00. The molecule has 0 aromatic carbocycles. The van der Waals surface area contributed by atoms with Crippen molar-refractivity contribution in [3.8, 4) is 0 Å². The maximum atomic E-state index is 5.05. The Bertz CT molecular complexity index is 626. The SMILES string of the molecule is Cc1nc(C[C@H]2CCCN(c3nccc(N(C)C)n3)C2)no1. The molecule has 0 N–H and O–H groups in total. The van der Waals surface area contributed by atoms with Crippen molar-refractivity contribution in [2.75, 3.05) is 37.0 Å². The highest BCUT2D eigenvalue weighted by Crippen LogP contribution is 2.23. The van der Waals surface area contributed by atoms with Crippen LogP contribution in [0.25, 0.3) is 0 Å². The van der Waals surface area contributed by atoms with E-state index in [2.05, 4.69) is 25.0 Å². The zero-order chi connectivity index (χ0) is 15.5. The van der Waals surface area contributed by atoms with Gasteiger partial charge in [-0.1, -0.05) is 5.16 Å². The lowest BCUT2D eigenvalue weighted by atomic mass is 9.95. The molecule has 0 saturated carbocycles. The molecule has 2 aromatic heterocycles. The standard InChI is InChI=1S/C15H22N6O/c1-11-17-13(19-22-11)9-12-5-4-8-21(10-12)15-16-7-6-14(18-15)20(2)3/h6-7,12H,4-5,8-10H2,1-3H3/t12-/m1/s1. The third-order valence-corrected chi connectivity index (χ3v) is 3.93. The number of hydrogen-bond donors (Lipinski definition) is 0. The molecule has 1 fully saturated rings. The van der Waals surface area contributed by atoms with E-state index in [1.54, 1.807) is 0 Å². The van der Waals surface area contributed by atoms with Crippen LogP contribution in [0.3, 0.4) is 0 Å². The van der Waals surface area contributed by atoms with Gasteiger partial charge >= 0.3 is 0 Å². The zero-order valence-electron chi connectivity index (χ0n) is 13.4. The van der Waals surface area contributed by atoms with Gasteiger partial charge in [0.2, 0.25) is 11.8 Å². The molecule has 22 heavy (non-hydrogen) atoms. The summed E-state index contributed by atoms with van der Waals surface area (Å²) in [6, 6.07) is 1.92. The minimum absolute atomic E-state index is 0.511. The Morgan fingerprint density at radius 1 is 1.36 bits per heavy atom. The van der Waals surface area contributed by atoms with Crippen LogP contribution >= 0.6 is 0 Å². The van der Waals surface area contributed by atoms with Gasteiger partial charge in [-0.15, -0.1) is 0 Å². The van der Waals surface area contributed by atoms with Crippen molar-refractivity contribution in [2.45, 2.75) is 26.2 Å². The highest BCUT2D eigenvalue weighted by molar-refractivity contribution is 5.42. The maximum Gasteiger partial charge on any atom is 0.227 e. The van der Waals surface area contributed by atoms with Crippen molar-refractivity contribution < 1.29 is 4.52 Å². The van der Waals surface area contributed by atoms with Crippen LogP contribution in [0, 0.1) is 12.8 Å². The molecule has 1 aliphatic rings. The van der Waals surface area contributed by atoms with Crippen molar-refractivity contribution >= 4 is 11.8 Å². The van der Waals surface area contributed by atoms with E-state index in [4.69, 9.17) is 4.52 Å². The molecule has 1 aliphatic heterocycles. The van der Waals surface area contributed by atoms with E-state index in [0.29, 0.717) is 11.8 Å². The fourth-order valence-corrected chi connectivity index (χ4v) is 2.84. The average Bonchev–Trinajstić information content (AvgIpc) is 2.93. The first-order valence-corrected chi connectivity index (χ1v) is 7.66. The van der Waals surface area contributed by atoms with Crippen LogP contribution in [-0.2, 0) is 6.42 Å². The molecule has 3 heterocycles. The van der Waals surface area contributed by atoms with Crippen molar-refractivity contribution in [1.29, 1.82) is 0 Å². The summed E-state index contributed by atoms with van der Waals surface area (Å²) < 4.78 is 5.05. The fourth-order valence-electron chi connectivity index (χ4n) is 2.84. The van der Waals surface area contributed by atoms with Crippen molar-refractivity contribution in [2.24, 2.45) is 5.92 Å². The molecule has 0 amide bonds. The smallest absolute Gasteiger partial charge is 0.227 e. The fraction of sp³-hybridized carbons (Fsp3) is 0.600. The second kappa shape index (κ2) is 6.29. The lowest BCUT2D eigenvalue weighted by Gasteiger charge is -2.32. The summed E-state index contributed by atoms with van der Waals surface area (Å²) in [7, 11) is 3.98. The molecule has 7 nitrogen and oxygen atoms in total. The van der Waals surface area contributed by atoms with Gasteiger partial charge in [-0.3, -0.25) is 0 Å². The van der Waals surface area contributed by atoms with E-state index in [-0.39, 0.29) is 0 Å². The van der Waals surface area contributed by atoms with Crippen LogP contribution in [0.1, 0.15) is 24.6 Å². The van der Waals surface area contributed by atoms with Crippen LogP contribution in [0.5, 0.6) is 0 Å². The van der Waals surface area contributed by atoms with Crippen LogP contribution in [0.2, 0.25) is 0 Å². The van der Waals surface area contributed by atoms with Gasteiger partial charge in [0, 0.05) is 46.7 Å². The predicted molar refractivity (Wildman–Crippen MR) is 84.0 cm³/mol. The Labute approximate surface area is 130 Å². The Morgan fingerprint density at radius 3 is 2.95 bits per heavy atom. The first kappa shape index (κ1) is 14.7. The van der Waals surface area contributed by atoms with Crippen LogP contribution in [-0.4, -0.2) is 47.3 Å². The lowest BCUT2D eigenvalue weighted by molar-refractivity contribution is 0.369. The van der Waals surface area contributed by atoms with Crippen LogP contribution in [0.15, 0.2) is 16.8 Å². The molecule has 2 aromatic rings. The average molecular weight is 302 g/mol. The largest absolute Gasteiger partial charge is 0.363 e. The molecule has 0 spiro atoms. The minimum Gasteiger partial charge on any atom is -0.363 e. The molecule has 0 aliphatic carbocycles. The summed E-state index contributed by atoms with van der Waals surface area (Å²) in [6.07, 6.45) is 4.99. The normalized spacial score (nSPS) is 18.5. The summed E-state index contributed by atoms with van der Waals surface area (Å²) >= 11 is 0. The van der Waals surface area contributed by atoms with Gasteiger partial charge in [0.1, 0.15) is 5.82 Å². The van der Waals surface area contributed by atoms with Gasteiger partial charge in [-0.25, -0.2) is 4.98 Å². The summed E-state index contributed by atoms with van der Waals surface area (Å²) in [6.45, 7) is 3.76. The third kappa shape index (κ3) is 3.35. The van der Waals surface area contributed by atoms with E-state index in [1.165, 1.54) is 6.42 Å². The molecular weight excluding hydrogens is 280 g/mol. The summed E-state index contributed by atoms with van der Waals surface area (Å²) in [5.74, 6) is 3.68. The van der Waals surface area contributed by atoms with E-state index in [1.807, 2.05) is 38.2 Å². The Balaban J connectivity index is 1.68. The number of hydrogen-bond acceptors (Lipinski definition) is 7. The highest BCUT2D eigenvalue weighted by atomic mass is 16.5. The van der Waals surface area contributed by atoms with Crippen LogP contribution < -0.4 is 9.80 Å². The van der Waals surface area contributed by atoms with Crippen molar-refractivity contribution in [1.82, 2.24) is 20.1 Å². The zero-order valence-corrected chi connectivity index (χ0v) is 13.4. The van der Waals surface area contributed by atoms with E-state index in [9.17, 15) is 0 Å². The van der Waals surface area contributed by atoms with Crippen molar-refractivity contribution in [3.05, 3.63) is 24.0 Å². The van der Waals surface area contributed by atoms with E-state index in [0.717, 1.165) is 43.5 Å². The second-order valence-electron chi connectivity index (χ2n) is 6.00. The molecule has 118 valence electrons. The third-order valence-electron chi connectivity index (χ3n) is 3.93. The number of aryl methyl sites for hydroxylation is 1. The lowest BCUT2D eigenvalue weighted by Crippen LogP contribution is -2.37. The number of rotatable bonds is 4. The van der Waals surface area contributed by atoms with Gasteiger partial charge in [0.15, 0.2) is 5.82 Å². The number of anilines is 2. The molecule has 7 heteroatoms. The maximum absolute atomic E-state index is 5.05. The highest BCUT2D eigenvalue weighted by Gasteiger charge is 2.23. The van der Waals surface area contributed by atoms with Crippen molar-refractivity contribution in [3.63, 3.8) is 0 Å². The first-order chi connectivity index (χ1) is 10.6. The van der Waals surface area contributed by atoms with Gasteiger partial charge in [0.05, 0.1) is 0 Å². The number of nitrogens with zero attached hydrogens (tertiary/aromatic N) is 6. The van der Waals surface area contributed by atoms with E-state index < -0.39 is 0 Å². The molecule has 0 bridgehead atoms. The van der Waals surface area contributed by atoms with E-state index >= 15 is 0 Å². The van der Waals surface area contributed by atoms with Gasteiger partial charge in [-0.2, -0.15) is 9.97 Å². The molecule has 1 atom stereocenters. The minimum atomic E-state index is 0.511. The van der Waals surface area contributed by atoms with Gasteiger partial charge < -0.3 is 14.3 Å². The monoisotopic (exact) mass is 302 g/mol. The molecular formula is C15H22N6O. The quantitative estimate of drug-likeness (QED) is 0.851. The molecule has 1 saturated heterocycles. The Hall–Kier alpha value is -2.18. The molecule has 0 unspecified atom stereocenters. The Kier molecular flexibility index (Phi) is 4.22.